The second kappa shape index (κ2) is 2.46. The number of aliphatic hydroxyl groups excluding tert-OH is 1. The number of rotatable bonds is 0. The Morgan fingerprint density at radius 1 is 1.62 bits per heavy atom. The van der Waals surface area contributed by atoms with Gasteiger partial charge in [0.25, 0.3) is 0 Å². The van der Waals surface area contributed by atoms with Crippen LogP contribution in [0.5, 0.6) is 0 Å². The van der Waals surface area contributed by atoms with Gasteiger partial charge in [-0.2, -0.15) is 0 Å². The molecule has 2 N–H and O–H groups in total. The van der Waals surface area contributed by atoms with Crippen molar-refractivity contribution in [3.05, 3.63) is 6.92 Å². The molecule has 0 aromatic carbocycles. The van der Waals surface area contributed by atoms with E-state index in [0.717, 1.165) is 19.5 Å². The van der Waals surface area contributed by atoms with Gasteiger partial charge in [-0.1, -0.05) is 0 Å². The van der Waals surface area contributed by atoms with Gasteiger partial charge < -0.3 is 10.4 Å². The summed E-state index contributed by atoms with van der Waals surface area (Å²) < 4.78 is 0. The maximum Gasteiger partial charge on any atom is 0.0592 e. The Morgan fingerprint density at radius 3 is 2.75 bits per heavy atom. The summed E-state index contributed by atoms with van der Waals surface area (Å²) in [5.41, 5.74) is 0. The van der Waals surface area contributed by atoms with Crippen molar-refractivity contribution in [2.75, 3.05) is 13.1 Å². The molecule has 1 radical (unpaired) electrons. The monoisotopic (exact) mass is 114 g/mol. The minimum atomic E-state index is -0.170. The summed E-state index contributed by atoms with van der Waals surface area (Å²) in [5, 5.41) is 12.2. The summed E-state index contributed by atoms with van der Waals surface area (Å²) >= 11 is 0. The van der Waals surface area contributed by atoms with Crippen molar-refractivity contribution in [3.8, 4) is 0 Å². The van der Waals surface area contributed by atoms with E-state index < -0.39 is 0 Å². The maximum atomic E-state index is 9.08. The molecule has 0 unspecified atom stereocenters. The Kier molecular flexibility index (Phi) is 1.86. The smallest absolute Gasteiger partial charge is 0.0592 e. The lowest BCUT2D eigenvalue weighted by Crippen LogP contribution is -2.38. The quantitative estimate of drug-likeness (QED) is 0.457. The first-order valence-corrected chi connectivity index (χ1v) is 3.02. The van der Waals surface area contributed by atoms with Crippen molar-refractivity contribution in [1.29, 1.82) is 0 Å². The SMILES string of the molecule is [CH2][C@@H]1CNCC[C@H]1O. The van der Waals surface area contributed by atoms with Crippen molar-refractivity contribution in [3.63, 3.8) is 0 Å². The van der Waals surface area contributed by atoms with Gasteiger partial charge in [-0.15, -0.1) is 0 Å². The minimum absolute atomic E-state index is 0.170. The van der Waals surface area contributed by atoms with E-state index in [4.69, 9.17) is 5.11 Å². The highest BCUT2D eigenvalue weighted by Crippen LogP contribution is 2.07. The zero-order valence-corrected chi connectivity index (χ0v) is 4.93. The zero-order chi connectivity index (χ0) is 5.98. The van der Waals surface area contributed by atoms with Gasteiger partial charge in [0, 0.05) is 6.54 Å². The predicted octanol–water partition coefficient (Wildman–Crippen LogP) is -0.209. The second-order valence-electron chi connectivity index (χ2n) is 2.32. The molecule has 1 saturated heterocycles. The Bertz CT molecular complexity index is 64.9. The summed E-state index contributed by atoms with van der Waals surface area (Å²) in [4.78, 5) is 0. The van der Waals surface area contributed by atoms with E-state index in [2.05, 4.69) is 12.2 Å². The Morgan fingerprint density at radius 2 is 2.38 bits per heavy atom. The van der Waals surface area contributed by atoms with E-state index in [9.17, 15) is 0 Å². The van der Waals surface area contributed by atoms with Crippen molar-refractivity contribution in [2.45, 2.75) is 12.5 Å². The van der Waals surface area contributed by atoms with E-state index in [1.54, 1.807) is 0 Å². The molecular formula is C6H12NO. The molecule has 2 heteroatoms. The summed E-state index contributed by atoms with van der Waals surface area (Å²) in [6.07, 6.45) is 0.685. The normalized spacial score (nSPS) is 39.8. The molecule has 0 aliphatic carbocycles. The molecule has 0 aromatic rings. The standard InChI is InChI=1S/C6H12NO/c1-5-4-7-3-2-6(5)8/h5-8H,1-4H2/t5-,6-/m1/s1. The summed E-state index contributed by atoms with van der Waals surface area (Å²) in [5.74, 6) is 0.198. The molecule has 2 atom stereocenters. The molecule has 1 aliphatic heterocycles. The average Bonchev–Trinajstić information content (AvgIpc) is 1.77. The molecule has 2 nitrogen and oxygen atoms in total. The molecule has 1 fully saturated rings. The number of nitrogens with one attached hydrogen (secondary N) is 1. The van der Waals surface area contributed by atoms with E-state index >= 15 is 0 Å². The fourth-order valence-corrected chi connectivity index (χ4v) is 0.909. The van der Waals surface area contributed by atoms with Crippen molar-refractivity contribution < 1.29 is 5.11 Å². The Labute approximate surface area is 49.9 Å². The average molecular weight is 114 g/mol. The van der Waals surface area contributed by atoms with E-state index in [0.29, 0.717) is 0 Å². The molecule has 0 aromatic heterocycles. The first-order valence-electron chi connectivity index (χ1n) is 3.02. The van der Waals surface area contributed by atoms with Gasteiger partial charge >= 0.3 is 0 Å². The highest BCUT2D eigenvalue weighted by Gasteiger charge is 2.17. The lowest BCUT2D eigenvalue weighted by atomic mass is 9.99. The van der Waals surface area contributed by atoms with Crippen LogP contribution < -0.4 is 5.32 Å². The molecule has 8 heavy (non-hydrogen) atoms. The van der Waals surface area contributed by atoms with Gasteiger partial charge in [0.1, 0.15) is 0 Å². The number of piperidine rings is 1. The third-order valence-electron chi connectivity index (χ3n) is 1.57. The molecule has 47 valence electrons. The molecular weight excluding hydrogens is 102 g/mol. The maximum absolute atomic E-state index is 9.08. The topological polar surface area (TPSA) is 32.3 Å². The highest BCUT2D eigenvalue weighted by atomic mass is 16.3. The number of aliphatic hydroxyl groups is 1. The van der Waals surface area contributed by atoms with Crippen LogP contribution in [0.25, 0.3) is 0 Å². The molecule has 0 saturated carbocycles. The van der Waals surface area contributed by atoms with Crippen LogP contribution in [-0.4, -0.2) is 24.3 Å². The first kappa shape index (κ1) is 6.05. The zero-order valence-electron chi connectivity index (χ0n) is 4.93. The summed E-state index contributed by atoms with van der Waals surface area (Å²) in [6, 6.07) is 0. The van der Waals surface area contributed by atoms with Crippen LogP contribution in [0.1, 0.15) is 6.42 Å². The van der Waals surface area contributed by atoms with Crippen LogP contribution in [0.3, 0.4) is 0 Å². The summed E-state index contributed by atoms with van der Waals surface area (Å²) in [6.45, 7) is 5.57. The minimum Gasteiger partial charge on any atom is -0.393 e. The first-order chi connectivity index (χ1) is 3.80. The van der Waals surface area contributed by atoms with Crippen LogP contribution in [0, 0.1) is 12.8 Å². The number of hydrogen-bond acceptors (Lipinski definition) is 2. The van der Waals surface area contributed by atoms with Gasteiger partial charge in [-0.05, 0) is 25.8 Å². The fourth-order valence-electron chi connectivity index (χ4n) is 0.909. The molecule has 1 heterocycles. The predicted molar refractivity (Wildman–Crippen MR) is 32.3 cm³/mol. The third kappa shape index (κ3) is 1.20. The fraction of sp³-hybridized carbons (Fsp3) is 0.833. The lowest BCUT2D eigenvalue weighted by Gasteiger charge is -2.24. The highest BCUT2D eigenvalue weighted by molar-refractivity contribution is 4.78. The van der Waals surface area contributed by atoms with Crippen molar-refractivity contribution in [2.24, 2.45) is 5.92 Å². The molecule has 0 amide bonds. The van der Waals surface area contributed by atoms with Gasteiger partial charge in [0.2, 0.25) is 0 Å². The molecule has 0 spiro atoms. The van der Waals surface area contributed by atoms with Crippen LogP contribution >= 0.6 is 0 Å². The van der Waals surface area contributed by atoms with Crippen LogP contribution in [-0.2, 0) is 0 Å². The molecule has 1 aliphatic rings. The number of hydrogen-bond donors (Lipinski definition) is 2. The van der Waals surface area contributed by atoms with Crippen molar-refractivity contribution >= 4 is 0 Å². The van der Waals surface area contributed by atoms with Gasteiger partial charge in [-0.25, -0.2) is 0 Å². The van der Waals surface area contributed by atoms with Crippen LogP contribution in [0.2, 0.25) is 0 Å². The van der Waals surface area contributed by atoms with E-state index in [1.165, 1.54) is 0 Å². The Hall–Kier alpha value is -0.0800. The third-order valence-corrected chi connectivity index (χ3v) is 1.57. The molecule has 0 bridgehead atoms. The van der Waals surface area contributed by atoms with Crippen LogP contribution in [0.15, 0.2) is 0 Å². The van der Waals surface area contributed by atoms with Gasteiger partial charge in [0.05, 0.1) is 6.10 Å². The van der Waals surface area contributed by atoms with E-state index in [-0.39, 0.29) is 12.0 Å². The summed E-state index contributed by atoms with van der Waals surface area (Å²) in [7, 11) is 0. The largest absolute Gasteiger partial charge is 0.393 e. The Balaban J connectivity index is 2.28. The second-order valence-corrected chi connectivity index (χ2v) is 2.32. The van der Waals surface area contributed by atoms with Gasteiger partial charge in [-0.3, -0.25) is 0 Å². The van der Waals surface area contributed by atoms with Gasteiger partial charge in [0.15, 0.2) is 0 Å². The van der Waals surface area contributed by atoms with E-state index in [1.807, 2.05) is 0 Å². The van der Waals surface area contributed by atoms with Crippen molar-refractivity contribution in [1.82, 2.24) is 5.32 Å². The molecule has 1 rings (SSSR count). The van der Waals surface area contributed by atoms with Crippen LogP contribution in [0.4, 0.5) is 0 Å². The lowest BCUT2D eigenvalue weighted by molar-refractivity contribution is 0.100.